The molecular formula is H2FeK2O12S3. The van der Waals surface area contributed by atoms with Crippen LogP contribution < -0.4 is 103 Å². The zero-order valence-electron chi connectivity index (χ0n) is 8.56. The minimum absolute atomic E-state index is 0. The van der Waals surface area contributed by atoms with Gasteiger partial charge in [0.2, 0.25) is 20.8 Å². The summed E-state index contributed by atoms with van der Waals surface area (Å²) < 4.78 is 99.7. The van der Waals surface area contributed by atoms with Crippen molar-refractivity contribution in [2.45, 2.75) is 0 Å². The van der Waals surface area contributed by atoms with Crippen LogP contribution in [0.2, 0.25) is 0 Å². The van der Waals surface area contributed by atoms with E-state index in [0.29, 0.717) is 0 Å². The second-order valence-corrected chi connectivity index (χ2v) is 3.79. The third-order valence-electron chi connectivity index (χ3n) is 0. The van der Waals surface area contributed by atoms with Crippen molar-refractivity contribution < 1.29 is 172 Å². The second-order valence-electron chi connectivity index (χ2n) is 1.26. The van der Waals surface area contributed by atoms with Crippen molar-refractivity contribution >= 4 is 31.2 Å². The summed E-state index contributed by atoms with van der Waals surface area (Å²) in [4.78, 5) is 0. The van der Waals surface area contributed by atoms with Gasteiger partial charge in [0, 0.05) is 10.4 Å². The summed E-state index contributed by atoms with van der Waals surface area (Å²) in [6.45, 7) is 0. The van der Waals surface area contributed by atoms with Crippen LogP contribution in [-0.2, 0) is 48.3 Å². The molecule has 0 amide bonds. The molecule has 0 aliphatic heterocycles. The van der Waals surface area contributed by atoms with Crippen LogP contribution in [0.15, 0.2) is 0 Å². The van der Waals surface area contributed by atoms with Crippen LogP contribution in [0.5, 0.6) is 0 Å². The van der Waals surface area contributed by atoms with Crippen molar-refractivity contribution in [3.8, 4) is 0 Å². The molecule has 0 atom stereocenters. The first-order chi connectivity index (χ1) is 6.00. The van der Waals surface area contributed by atoms with E-state index in [9.17, 15) is 0 Å². The normalized spacial score (nSPS) is 9.67. The maximum Gasteiger partial charge on any atom is 2.00 e. The molecule has 2 N–H and O–H groups in total. The smallest absolute Gasteiger partial charge is 0.759 e. The third-order valence-corrected chi connectivity index (χ3v) is 0. The quantitative estimate of drug-likeness (QED) is 0.209. The zero-order chi connectivity index (χ0) is 13.5. The van der Waals surface area contributed by atoms with Gasteiger partial charge >= 0.3 is 120 Å². The van der Waals surface area contributed by atoms with E-state index < -0.39 is 31.2 Å². The number of rotatable bonds is 0. The minimum Gasteiger partial charge on any atom is -0.759 e. The fraction of sp³-hybridized carbons (Fsp3) is 0. The van der Waals surface area contributed by atoms with Gasteiger partial charge in [-0.1, -0.05) is 0 Å². The summed E-state index contributed by atoms with van der Waals surface area (Å²) in [6.07, 6.45) is 0. The van der Waals surface area contributed by atoms with Gasteiger partial charge in [0.05, 0.1) is 0 Å². The van der Waals surface area contributed by atoms with Crippen molar-refractivity contribution in [3.63, 3.8) is 0 Å². The van der Waals surface area contributed by atoms with Gasteiger partial charge in [-0.3, -0.25) is 17.5 Å². The SMILES string of the molecule is O=S(=O)([O-])O.O=S(=O)([O-])O.O=S(=O)([O-])[O-].[Fe+2].[K+].[K+]. The van der Waals surface area contributed by atoms with E-state index in [2.05, 4.69) is 0 Å². The molecule has 0 unspecified atom stereocenters. The third kappa shape index (κ3) is 568. The molecule has 0 aliphatic rings. The first kappa shape index (κ1) is 37.6. The van der Waals surface area contributed by atoms with Crippen LogP contribution in [-0.4, -0.2) is 52.6 Å². The molecule has 12 nitrogen and oxygen atoms in total. The maximum atomic E-state index is 8.63. The fourth-order valence-corrected chi connectivity index (χ4v) is 0. The van der Waals surface area contributed by atoms with Crippen molar-refractivity contribution in [2.24, 2.45) is 0 Å². The molecule has 0 aromatic carbocycles. The fourth-order valence-electron chi connectivity index (χ4n) is 0. The Bertz CT molecular complexity index is 346. The maximum absolute atomic E-state index is 8.63. The van der Waals surface area contributed by atoms with Crippen LogP contribution in [0, 0.1) is 0 Å². The number of hydrogen-bond acceptors (Lipinski definition) is 10. The molecule has 0 fully saturated rings. The van der Waals surface area contributed by atoms with E-state index in [-0.39, 0.29) is 120 Å². The van der Waals surface area contributed by atoms with Crippen molar-refractivity contribution in [2.75, 3.05) is 0 Å². The summed E-state index contributed by atoms with van der Waals surface area (Å²) in [6, 6.07) is 0. The Balaban J connectivity index is -0.0000000277. The Morgan fingerprint density at radius 1 is 0.611 bits per heavy atom. The van der Waals surface area contributed by atoms with E-state index >= 15 is 0 Å². The largest absolute Gasteiger partial charge is 2.00 e. The predicted octanol–water partition coefficient (Wildman–Crippen LogP) is -9.32. The topological polar surface area (TPSA) is 235 Å². The molecule has 18 heavy (non-hydrogen) atoms. The molecule has 18 heteroatoms. The Kier molecular flexibility index (Phi) is 35.0. The van der Waals surface area contributed by atoms with Crippen LogP contribution in [0.25, 0.3) is 0 Å². The van der Waals surface area contributed by atoms with Gasteiger partial charge in [-0.25, -0.2) is 16.8 Å². The van der Waals surface area contributed by atoms with Crippen LogP contribution in [0.4, 0.5) is 0 Å². The molecule has 0 rings (SSSR count). The molecule has 102 valence electrons. The monoisotopic (exact) mass is 424 g/mol. The standard InChI is InChI=1S/Fe.2K.3H2O4S/c;;;3*1-5(2,3)4/h;;;3*(H2,1,2,3,4)/q+2;2*+1;;;/p-4. The number of hydrogen-bond donors (Lipinski definition) is 2. The van der Waals surface area contributed by atoms with E-state index in [4.69, 9.17) is 52.6 Å². The average molecular weight is 424 g/mol. The van der Waals surface area contributed by atoms with Gasteiger partial charge in [-0.15, -0.1) is 0 Å². The summed E-state index contributed by atoms with van der Waals surface area (Å²) in [5, 5.41) is 0. The van der Waals surface area contributed by atoms with Gasteiger partial charge in [0.1, 0.15) is 0 Å². The van der Waals surface area contributed by atoms with Crippen molar-refractivity contribution in [3.05, 3.63) is 0 Å². The Hall–Kier alpha value is 3.40. The first-order valence-corrected chi connectivity index (χ1v) is 6.10. The van der Waals surface area contributed by atoms with Crippen LogP contribution in [0.1, 0.15) is 0 Å². The Labute approximate surface area is 199 Å². The predicted molar refractivity (Wildman–Crippen MR) is 35.1 cm³/mol. The molecule has 0 saturated heterocycles. The minimum atomic E-state index is -5.17. The molecule has 0 heterocycles. The van der Waals surface area contributed by atoms with E-state index in [1.54, 1.807) is 0 Å². The molecule has 0 radical (unpaired) electrons. The van der Waals surface area contributed by atoms with E-state index in [1.807, 2.05) is 0 Å². The summed E-state index contributed by atoms with van der Waals surface area (Å²) in [7, 11) is -15.0. The van der Waals surface area contributed by atoms with E-state index in [0.717, 1.165) is 0 Å². The van der Waals surface area contributed by atoms with Crippen LogP contribution in [0.3, 0.4) is 0 Å². The molecule has 0 spiro atoms. The Morgan fingerprint density at radius 3 is 0.611 bits per heavy atom. The summed E-state index contributed by atoms with van der Waals surface area (Å²) >= 11 is 0. The van der Waals surface area contributed by atoms with Gasteiger partial charge in [0.25, 0.3) is 0 Å². The molecular weight excluding hydrogens is 422 g/mol. The summed E-state index contributed by atoms with van der Waals surface area (Å²) in [5.41, 5.74) is 0. The molecule has 0 aromatic rings. The van der Waals surface area contributed by atoms with Gasteiger partial charge in [-0.2, -0.15) is 0 Å². The average Bonchev–Trinajstić information content (AvgIpc) is 1.41. The van der Waals surface area contributed by atoms with Crippen molar-refractivity contribution in [1.82, 2.24) is 0 Å². The molecule has 0 bridgehead atoms. The van der Waals surface area contributed by atoms with Gasteiger partial charge in [-0.05, 0) is 0 Å². The molecule has 0 aliphatic carbocycles. The Morgan fingerprint density at radius 2 is 0.611 bits per heavy atom. The molecule has 0 aromatic heterocycles. The van der Waals surface area contributed by atoms with Gasteiger partial charge in [0.15, 0.2) is 0 Å². The zero-order valence-corrected chi connectivity index (χ0v) is 18.4. The van der Waals surface area contributed by atoms with Crippen LogP contribution >= 0.6 is 0 Å². The first-order valence-electron chi connectivity index (χ1n) is 2.03. The van der Waals surface area contributed by atoms with Crippen molar-refractivity contribution in [1.29, 1.82) is 0 Å². The van der Waals surface area contributed by atoms with Gasteiger partial charge < -0.3 is 18.2 Å². The second kappa shape index (κ2) is 16.8. The van der Waals surface area contributed by atoms with E-state index in [1.165, 1.54) is 0 Å². The molecule has 0 saturated carbocycles. The summed E-state index contributed by atoms with van der Waals surface area (Å²) in [5.74, 6) is 0.